The molecular formula is C17H28N2O3. The number of carbonyl (C=O) groups excluding carboxylic acids is 2. The molecule has 5 nitrogen and oxygen atoms in total. The van der Waals surface area contributed by atoms with E-state index in [1.807, 2.05) is 4.90 Å². The van der Waals surface area contributed by atoms with Crippen LogP contribution in [0, 0.1) is 5.92 Å². The van der Waals surface area contributed by atoms with Crippen LogP contribution in [0.25, 0.3) is 0 Å². The minimum atomic E-state index is -0.0703. The van der Waals surface area contributed by atoms with Crippen molar-refractivity contribution in [2.24, 2.45) is 5.92 Å². The molecule has 1 unspecified atom stereocenters. The molecule has 3 rings (SSSR count). The highest BCUT2D eigenvalue weighted by atomic mass is 16.7. The third-order valence-electron chi connectivity index (χ3n) is 5.31. The quantitative estimate of drug-likeness (QED) is 0.737. The predicted octanol–water partition coefficient (Wildman–Crippen LogP) is 2.50. The van der Waals surface area contributed by atoms with Crippen molar-refractivity contribution in [3.05, 3.63) is 0 Å². The smallest absolute Gasteiger partial charge is 0.251 e. The first-order valence-corrected chi connectivity index (χ1v) is 8.99. The van der Waals surface area contributed by atoms with E-state index in [2.05, 4.69) is 0 Å². The molecule has 0 N–H and O–H groups in total. The van der Waals surface area contributed by atoms with E-state index in [1.165, 1.54) is 25.7 Å². The number of nitrogens with zero attached hydrogens (tertiary/aromatic N) is 2. The van der Waals surface area contributed by atoms with Crippen molar-refractivity contribution >= 4 is 11.8 Å². The molecular weight excluding hydrogens is 280 g/mol. The summed E-state index contributed by atoms with van der Waals surface area (Å²) in [5.41, 5.74) is 0. The summed E-state index contributed by atoms with van der Waals surface area (Å²) in [6, 6.07) is 0.355. The number of amides is 2. The fourth-order valence-corrected chi connectivity index (χ4v) is 3.97. The van der Waals surface area contributed by atoms with Gasteiger partial charge in [-0.3, -0.25) is 14.4 Å². The molecule has 2 saturated heterocycles. The molecule has 0 aromatic carbocycles. The molecule has 0 spiro atoms. The average molecular weight is 308 g/mol. The molecule has 0 aromatic rings. The standard InChI is InChI=1S/C17H28N2O3/c20-16-10-9-14(17(21)19-11-5-6-12-22-19)13-18(16)15-7-3-1-2-4-8-15/h14-15H,1-13H2. The van der Waals surface area contributed by atoms with E-state index >= 15 is 0 Å². The van der Waals surface area contributed by atoms with Crippen molar-refractivity contribution in [3.8, 4) is 0 Å². The van der Waals surface area contributed by atoms with Gasteiger partial charge in [0.15, 0.2) is 0 Å². The first kappa shape index (κ1) is 15.8. The molecule has 2 amide bonds. The Balaban J connectivity index is 1.62. The molecule has 3 fully saturated rings. The van der Waals surface area contributed by atoms with Gasteiger partial charge in [0.25, 0.3) is 5.91 Å². The lowest BCUT2D eigenvalue weighted by Gasteiger charge is -2.39. The van der Waals surface area contributed by atoms with Gasteiger partial charge < -0.3 is 4.90 Å². The summed E-state index contributed by atoms with van der Waals surface area (Å²) in [5.74, 6) is 0.264. The zero-order valence-corrected chi connectivity index (χ0v) is 13.5. The van der Waals surface area contributed by atoms with E-state index < -0.39 is 0 Å². The van der Waals surface area contributed by atoms with E-state index in [4.69, 9.17) is 4.84 Å². The Morgan fingerprint density at radius 1 is 1.00 bits per heavy atom. The molecule has 1 aliphatic carbocycles. The van der Waals surface area contributed by atoms with Crippen LogP contribution in [0.15, 0.2) is 0 Å². The number of hydroxylamine groups is 2. The first-order valence-electron chi connectivity index (χ1n) is 8.99. The van der Waals surface area contributed by atoms with Crippen LogP contribution in [0.1, 0.15) is 64.2 Å². The number of likely N-dealkylation sites (tertiary alicyclic amines) is 1. The fraction of sp³-hybridized carbons (Fsp3) is 0.882. The van der Waals surface area contributed by atoms with Crippen LogP contribution in [-0.2, 0) is 14.4 Å². The van der Waals surface area contributed by atoms with Gasteiger partial charge in [-0.1, -0.05) is 25.7 Å². The van der Waals surface area contributed by atoms with E-state index in [0.29, 0.717) is 38.6 Å². The van der Waals surface area contributed by atoms with Gasteiger partial charge in [-0.2, -0.15) is 0 Å². The summed E-state index contributed by atoms with van der Waals surface area (Å²) < 4.78 is 0. The van der Waals surface area contributed by atoms with Gasteiger partial charge in [0, 0.05) is 25.6 Å². The largest absolute Gasteiger partial charge is 0.339 e. The molecule has 0 bridgehead atoms. The maximum absolute atomic E-state index is 12.6. The van der Waals surface area contributed by atoms with Gasteiger partial charge in [-0.25, -0.2) is 5.06 Å². The third-order valence-corrected chi connectivity index (χ3v) is 5.31. The molecule has 1 atom stereocenters. The Morgan fingerprint density at radius 2 is 1.77 bits per heavy atom. The Hall–Kier alpha value is -1.10. The number of carbonyl (C=O) groups is 2. The second kappa shape index (κ2) is 7.44. The number of rotatable bonds is 2. The molecule has 2 aliphatic heterocycles. The number of hydrogen-bond donors (Lipinski definition) is 0. The lowest BCUT2D eigenvalue weighted by atomic mass is 9.93. The van der Waals surface area contributed by atoms with Crippen LogP contribution in [-0.4, -0.2) is 47.5 Å². The van der Waals surface area contributed by atoms with Crippen molar-refractivity contribution < 1.29 is 14.4 Å². The first-order chi connectivity index (χ1) is 10.8. The lowest BCUT2D eigenvalue weighted by Crippen LogP contribution is -2.51. The van der Waals surface area contributed by atoms with Gasteiger partial charge >= 0.3 is 0 Å². The fourth-order valence-electron chi connectivity index (χ4n) is 3.97. The van der Waals surface area contributed by atoms with E-state index in [1.54, 1.807) is 5.06 Å². The van der Waals surface area contributed by atoms with Crippen LogP contribution in [0.4, 0.5) is 0 Å². The molecule has 2 heterocycles. The lowest BCUT2D eigenvalue weighted by molar-refractivity contribution is -0.203. The molecule has 22 heavy (non-hydrogen) atoms. The van der Waals surface area contributed by atoms with E-state index in [0.717, 1.165) is 25.7 Å². The highest BCUT2D eigenvalue weighted by Gasteiger charge is 2.36. The molecule has 5 heteroatoms. The summed E-state index contributed by atoms with van der Waals surface area (Å²) in [7, 11) is 0. The van der Waals surface area contributed by atoms with Gasteiger partial charge in [0.05, 0.1) is 12.5 Å². The van der Waals surface area contributed by atoms with Crippen LogP contribution in [0.5, 0.6) is 0 Å². The maximum Gasteiger partial charge on any atom is 0.251 e. The van der Waals surface area contributed by atoms with Crippen molar-refractivity contribution in [2.75, 3.05) is 19.7 Å². The van der Waals surface area contributed by atoms with E-state index in [-0.39, 0.29) is 17.7 Å². The van der Waals surface area contributed by atoms with Gasteiger partial charge in [0.2, 0.25) is 5.91 Å². The van der Waals surface area contributed by atoms with Crippen LogP contribution in [0.3, 0.4) is 0 Å². The monoisotopic (exact) mass is 308 g/mol. The Labute approximate surface area is 132 Å². The van der Waals surface area contributed by atoms with Crippen LogP contribution in [0.2, 0.25) is 0 Å². The van der Waals surface area contributed by atoms with Crippen LogP contribution < -0.4 is 0 Å². The summed E-state index contributed by atoms with van der Waals surface area (Å²) in [6.07, 6.45) is 10.4. The second-order valence-corrected chi connectivity index (χ2v) is 6.91. The Morgan fingerprint density at radius 3 is 2.45 bits per heavy atom. The van der Waals surface area contributed by atoms with E-state index in [9.17, 15) is 9.59 Å². The Bertz CT molecular complexity index is 399. The SMILES string of the molecule is O=C(C1CCC(=O)N(C2CCCCCC2)C1)N1CCCCO1. The summed E-state index contributed by atoms with van der Waals surface area (Å²) >= 11 is 0. The predicted molar refractivity (Wildman–Crippen MR) is 82.8 cm³/mol. The summed E-state index contributed by atoms with van der Waals surface area (Å²) in [4.78, 5) is 32.5. The van der Waals surface area contributed by atoms with Crippen molar-refractivity contribution in [3.63, 3.8) is 0 Å². The van der Waals surface area contributed by atoms with Gasteiger partial charge in [-0.15, -0.1) is 0 Å². The molecule has 1 saturated carbocycles. The van der Waals surface area contributed by atoms with Crippen molar-refractivity contribution in [1.29, 1.82) is 0 Å². The normalized spacial score (nSPS) is 28.5. The molecule has 0 radical (unpaired) electrons. The molecule has 0 aromatic heterocycles. The highest BCUT2D eigenvalue weighted by molar-refractivity contribution is 5.83. The number of piperidine rings is 1. The zero-order chi connectivity index (χ0) is 15.4. The minimum absolute atomic E-state index is 0.0703. The maximum atomic E-state index is 12.6. The van der Waals surface area contributed by atoms with Crippen molar-refractivity contribution in [2.45, 2.75) is 70.3 Å². The average Bonchev–Trinajstić information content (AvgIpc) is 2.85. The second-order valence-electron chi connectivity index (χ2n) is 6.91. The third kappa shape index (κ3) is 3.62. The number of hydrogen-bond acceptors (Lipinski definition) is 3. The van der Waals surface area contributed by atoms with Gasteiger partial charge in [0.1, 0.15) is 0 Å². The highest BCUT2D eigenvalue weighted by Crippen LogP contribution is 2.28. The van der Waals surface area contributed by atoms with Crippen LogP contribution >= 0.6 is 0 Å². The summed E-state index contributed by atoms with van der Waals surface area (Å²) in [6.45, 7) is 1.94. The topological polar surface area (TPSA) is 49.9 Å². The summed E-state index contributed by atoms with van der Waals surface area (Å²) in [5, 5.41) is 1.55. The molecule has 3 aliphatic rings. The Kier molecular flexibility index (Phi) is 5.34. The van der Waals surface area contributed by atoms with Gasteiger partial charge in [-0.05, 0) is 32.1 Å². The van der Waals surface area contributed by atoms with Crippen molar-refractivity contribution in [1.82, 2.24) is 9.96 Å². The minimum Gasteiger partial charge on any atom is -0.339 e. The zero-order valence-electron chi connectivity index (χ0n) is 13.5. The molecule has 124 valence electrons.